The summed E-state index contributed by atoms with van der Waals surface area (Å²) in [6.45, 7) is 8.20. The molecule has 0 spiro atoms. The van der Waals surface area contributed by atoms with Gasteiger partial charge in [-0.25, -0.2) is 0 Å². The second-order valence-electron chi connectivity index (χ2n) is 7.27. The van der Waals surface area contributed by atoms with Crippen LogP contribution in [0, 0.1) is 13.8 Å². The second kappa shape index (κ2) is 8.26. The summed E-state index contributed by atoms with van der Waals surface area (Å²) in [6.07, 6.45) is 3.88. The molecule has 4 nitrogen and oxygen atoms in total. The van der Waals surface area contributed by atoms with Crippen molar-refractivity contribution in [3.05, 3.63) is 53.6 Å². The van der Waals surface area contributed by atoms with E-state index in [9.17, 15) is 4.79 Å². The fourth-order valence-electron chi connectivity index (χ4n) is 3.35. The smallest absolute Gasteiger partial charge is 0.246 e. The number of aryl methyl sites for hydroxylation is 2. The zero-order valence-electron chi connectivity index (χ0n) is 16.0. The molecule has 0 radical (unpaired) electrons. The third-order valence-electron chi connectivity index (χ3n) is 5.02. The number of carbonyl (C=O) groups excluding carboxylic acids is 1. The molecule has 0 saturated carbocycles. The predicted molar refractivity (Wildman–Crippen MR) is 110 cm³/mol. The number of carbonyl (C=O) groups is 1. The van der Waals surface area contributed by atoms with Crippen LogP contribution in [0.4, 0.5) is 17.1 Å². The van der Waals surface area contributed by atoms with E-state index >= 15 is 0 Å². The standard InChI is InChI=1S/C22H29N3O/c1-16-7-8-17(2)21(15-16)24-22(26)18(3)23-19-9-11-20(12-10-19)25-13-5-4-6-14-25/h7-12,15,18,23H,4-6,13-14H2,1-3H3,(H,24,26)/t18-/m1/s1. The summed E-state index contributed by atoms with van der Waals surface area (Å²) in [5.41, 5.74) is 5.32. The van der Waals surface area contributed by atoms with E-state index in [4.69, 9.17) is 0 Å². The van der Waals surface area contributed by atoms with Gasteiger partial charge in [-0.3, -0.25) is 4.79 Å². The van der Waals surface area contributed by atoms with Crippen LogP contribution >= 0.6 is 0 Å². The van der Waals surface area contributed by atoms with Crippen molar-refractivity contribution in [1.82, 2.24) is 0 Å². The van der Waals surface area contributed by atoms with E-state index in [1.165, 1.54) is 24.9 Å². The normalized spacial score (nSPS) is 15.4. The van der Waals surface area contributed by atoms with Gasteiger partial charge in [0.05, 0.1) is 0 Å². The maximum Gasteiger partial charge on any atom is 0.246 e. The molecule has 1 saturated heterocycles. The van der Waals surface area contributed by atoms with Crippen LogP contribution in [-0.4, -0.2) is 25.0 Å². The number of nitrogens with one attached hydrogen (secondary N) is 2. The third kappa shape index (κ3) is 4.57. The van der Waals surface area contributed by atoms with E-state index in [0.717, 1.165) is 35.6 Å². The first-order valence-corrected chi connectivity index (χ1v) is 9.52. The van der Waals surface area contributed by atoms with Gasteiger partial charge in [-0.05, 0) is 81.5 Å². The lowest BCUT2D eigenvalue weighted by atomic mass is 10.1. The SMILES string of the molecule is Cc1ccc(C)c(NC(=O)[C@@H](C)Nc2ccc(N3CCCCC3)cc2)c1. The molecule has 138 valence electrons. The first-order chi connectivity index (χ1) is 12.5. The van der Waals surface area contributed by atoms with Gasteiger partial charge >= 0.3 is 0 Å². The van der Waals surface area contributed by atoms with Gasteiger partial charge in [0.2, 0.25) is 5.91 Å². The van der Waals surface area contributed by atoms with Crippen molar-refractivity contribution in [2.24, 2.45) is 0 Å². The van der Waals surface area contributed by atoms with E-state index in [1.807, 2.05) is 32.9 Å². The maximum absolute atomic E-state index is 12.5. The van der Waals surface area contributed by atoms with Crippen LogP contribution in [0.15, 0.2) is 42.5 Å². The molecule has 1 aliphatic rings. The molecule has 26 heavy (non-hydrogen) atoms. The van der Waals surface area contributed by atoms with Crippen molar-refractivity contribution in [2.45, 2.75) is 46.1 Å². The third-order valence-corrected chi connectivity index (χ3v) is 5.02. The zero-order valence-corrected chi connectivity index (χ0v) is 16.0. The van der Waals surface area contributed by atoms with Crippen molar-refractivity contribution in [1.29, 1.82) is 0 Å². The summed E-state index contributed by atoms with van der Waals surface area (Å²) in [7, 11) is 0. The summed E-state index contributed by atoms with van der Waals surface area (Å²) in [4.78, 5) is 14.9. The first-order valence-electron chi connectivity index (χ1n) is 9.52. The Bertz CT molecular complexity index is 748. The summed E-state index contributed by atoms with van der Waals surface area (Å²) in [5.74, 6) is -0.0289. The molecule has 2 aromatic rings. The van der Waals surface area contributed by atoms with Crippen LogP contribution in [0.25, 0.3) is 0 Å². The highest BCUT2D eigenvalue weighted by Crippen LogP contribution is 2.22. The summed E-state index contributed by atoms with van der Waals surface area (Å²) >= 11 is 0. The molecule has 0 unspecified atom stereocenters. The molecular formula is C22H29N3O. The number of rotatable bonds is 5. The summed E-state index contributed by atoms with van der Waals surface area (Å²) in [5, 5.41) is 6.32. The van der Waals surface area contributed by atoms with Crippen LogP contribution in [0.5, 0.6) is 0 Å². The molecule has 1 atom stereocenters. The Kier molecular flexibility index (Phi) is 5.82. The molecular weight excluding hydrogens is 322 g/mol. The van der Waals surface area contributed by atoms with E-state index in [2.05, 4.69) is 45.9 Å². The first kappa shape index (κ1) is 18.3. The lowest BCUT2D eigenvalue weighted by Gasteiger charge is -2.29. The number of hydrogen-bond acceptors (Lipinski definition) is 3. The van der Waals surface area contributed by atoms with Gasteiger partial charge in [0, 0.05) is 30.2 Å². The molecule has 3 rings (SSSR count). The lowest BCUT2D eigenvalue weighted by molar-refractivity contribution is -0.116. The fourth-order valence-corrected chi connectivity index (χ4v) is 3.35. The number of nitrogens with zero attached hydrogens (tertiary/aromatic N) is 1. The van der Waals surface area contributed by atoms with E-state index < -0.39 is 0 Å². The Labute approximate surface area is 156 Å². The quantitative estimate of drug-likeness (QED) is 0.818. The minimum atomic E-state index is -0.309. The Hall–Kier alpha value is -2.49. The zero-order chi connectivity index (χ0) is 18.5. The Morgan fingerprint density at radius 2 is 1.69 bits per heavy atom. The predicted octanol–water partition coefficient (Wildman–Crippen LogP) is 4.73. The van der Waals surface area contributed by atoms with Crippen LogP contribution in [-0.2, 0) is 4.79 Å². The second-order valence-corrected chi connectivity index (χ2v) is 7.27. The van der Waals surface area contributed by atoms with Gasteiger partial charge in [-0.15, -0.1) is 0 Å². The van der Waals surface area contributed by atoms with Crippen molar-refractivity contribution in [3.8, 4) is 0 Å². The average molecular weight is 351 g/mol. The van der Waals surface area contributed by atoms with E-state index in [-0.39, 0.29) is 11.9 Å². The van der Waals surface area contributed by atoms with E-state index in [0.29, 0.717) is 0 Å². The Balaban J connectivity index is 1.59. The number of anilines is 3. The minimum absolute atomic E-state index is 0.0289. The van der Waals surface area contributed by atoms with Crippen LogP contribution in [0.2, 0.25) is 0 Å². The minimum Gasteiger partial charge on any atom is -0.374 e. The van der Waals surface area contributed by atoms with Crippen LogP contribution in [0.1, 0.15) is 37.3 Å². The largest absolute Gasteiger partial charge is 0.374 e. The topological polar surface area (TPSA) is 44.4 Å². The number of hydrogen-bond donors (Lipinski definition) is 2. The number of piperidine rings is 1. The van der Waals surface area contributed by atoms with E-state index in [1.54, 1.807) is 0 Å². The monoisotopic (exact) mass is 351 g/mol. The Morgan fingerprint density at radius 3 is 2.38 bits per heavy atom. The molecule has 1 amide bonds. The average Bonchev–Trinajstić information content (AvgIpc) is 2.66. The van der Waals surface area contributed by atoms with Crippen molar-refractivity contribution >= 4 is 23.0 Å². The molecule has 0 aromatic heterocycles. The maximum atomic E-state index is 12.5. The van der Waals surface area contributed by atoms with Crippen molar-refractivity contribution < 1.29 is 4.79 Å². The Morgan fingerprint density at radius 1 is 1.00 bits per heavy atom. The lowest BCUT2D eigenvalue weighted by Crippen LogP contribution is -2.32. The molecule has 0 aliphatic carbocycles. The highest BCUT2D eigenvalue weighted by molar-refractivity contribution is 5.96. The van der Waals surface area contributed by atoms with Gasteiger partial charge in [-0.2, -0.15) is 0 Å². The molecule has 4 heteroatoms. The molecule has 2 aromatic carbocycles. The van der Waals surface area contributed by atoms with Crippen molar-refractivity contribution in [2.75, 3.05) is 28.6 Å². The summed E-state index contributed by atoms with van der Waals surface area (Å²) in [6, 6.07) is 14.2. The number of amides is 1. The highest BCUT2D eigenvalue weighted by Gasteiger charge is 2.15. The summed E-state index contributed by atoms with van der Waals surface area (Å²) < 4.78 is 0. The van der Waals surface area contributed by atoms with Gasteiger partial charge in [0.25, 0.3) is 0 Å². The van der Waals surface area contributed by atoms with Crippen molar-refractivity contribution in [3.63, 3.8) is 0 Å². The fraction of sp³-hybridized carbons (Fsp3) is 0.409. The van der Waals surface area contributed by atoms with Crippen LogP contribution < -0.4 is 15.5 Å². The molecule has 1 fully saturated rings. The van der Waals surface area contributed by atoms with Gasteiger partial charge in [0.15, 0.2) is 0 Å². The van der Waals surface area contributed by atoms with Gasteiger partial charge < -0.3 is 15.5 Å². The van der Waals surface area contributed by atoms with Gasteiger partial charge in [0.1, 0.15) is 6.04 Å². The van der Waals surface area contributed by atoms with Gasteiger partial charge in [-0.1, -0.05) is 12.1 Å². The number of benzene rings is 2. The molecule has 1 heterocycles. The molecule has 2 N–H and O–H groups in total. The highest BCUT2D eigenvalue weighted by atomic mass is 16.2. The molecule has 0 bridgehead atoms. The molecule has 1 aliphatic heterocycles. The van der Waals surface area contributed by atoms with Crippen LogP contribution in [0.3, 0.4) is 0 Å².